The van der Waals surface area contributed by atoms with Crippen LogP contribution in [0.2, 0.25) is 0 Å². The first-order chi connectivity index (χ1) is 22.4. The van der Waals surface area contributed by atoms with Crippen molar-refractivity contribution in [3.63, 3.8) is 0 Å². The van der Waals surface area contributed by atoms with Crippen LogP contribution in [0.1, 0.15) is 64.1 Å². The molecule has 10 heteroatoms. The summed E-state index contributed by atoms with van der Waals surface area (Å²) in [5.41, 5.74) is 3.69. The zero-order valence-electron chi connectivity index (χ0n) is 25.6. The molecule has 1 aliphatic heterocycles. The van der Waals surface area contributed by atoms with Gasteiger partial charge in [-0.2, -0.15) is 5.10 Å². The van der Waals surface area contributed by atoms with Crippen LogP contribution in [-0.2, 0) is 29.7 Å². The second-order valence-corrected chi connectivity index (χ2v) is 11.9. The number of anilines is 1. The summed E-state index contributed by atoms with van der Waals surface area (Å²) in [6.45, 7) is 1.17. The summed E-state index contributed by atoms with van der Waals surface area (Å²) < 4.78 is 37.2. The first-order valence-electron chi connectivity index (χ1n) is 15.6. The fraction of sp³-hybridized carbons (Fsp3) is 0.306. The highest BCUT2D eigenvalue weighted by Crippen LogP contribution is 2.35. The highest BCUT2D eigenvalue weighted by molar-refractivity contribution is 6.12. The fourth-order valence-electron chi connectivity index (χ4n) is 5.79. The number of aromatic nitrogens is 3. The molecule has 4 heterocycles. The minimum absolute atomic E-state index is 0.000386. The number of hydrogen-bond acceptors (Lipinski definition) is 6. The van der Waals surface area contributed by atoms with Gasteiger partial charge in [0, 0.05) is 49.2 Å². The number of rotatable bonds is 11. The van der Waals surface area contributed by atoms with E-state index in [9.17, 15) is 9.59 Å². The van der Waals surface area contributed by atoms with Crippen LogP contribution >= 0.6 is 0 Å². The molecule has 1 aliphatic carbocycles. The maximum Gasteiger partial charge on any atom is 0.257 e. The first-order valence-corrected chi connectivity index (χ1v) is 15.6. The zero-order chi connectivity index (χ0) is 31.6. The van der Waals surface area contributed by atoms with E-state index in [0.717, 1.165) is 37.7 Å². The van der Waals surface area contributed by atoms with Crippen LogP contribution in [-0.4, -0.2) is 38.8 Å². The number of nitrogens with zero attached hydrogens (tertiary/aromatic N) is 3. The third-order valence-corrected chi connectivity index (χ3v) is 8.41. The molecular formula is C36H35FN4O5. The lowest BCUT2D eigenvalue weighted by Gasteiger charge is -2.23. The lowest BCUT2D eigenvalue weighted by atomic mass is 10.0. The van der Waals surface area contributed by atoms with Gasteiger partial charge in [0.1, 0.15) is 12.4 Å². The predicted octanol–water partition coefficient (Wildman–Crippen LogP) is 6.95. The van der Waals surface area contributed by atoms with Crippen LogP contribution in [0.4, 0.5) is 10.1 Å². The Morgan fingerprint density at radius 3 is 2.61 bits per heavy atom. The Labute approximate surface area is 265 Å². The molecule has 1 atom stereocenters. The van der Waals surface area contributed by atoms with Crippen LogP contribution in [0.25, 0.3) is 16.6 Å². The van der Waals surface area contributed by atoms with Crippen molar-refractivity contribution >= 4 is 22.9 Å². The number of nitrogens with one attached hydrogen (secondary N) is 1. The number of carbonyl (C=O) groups is 2. The van der Waals surface area contributed by atoms with Crippen LogP contribution in [0.15, 0.2) is 79.3 Å². The van der Waals surface area contributed by atoms with Gasteiger partial charge < -0.3 is 23.9 Å². The van der Waals surface area contributed by atoms with Crippen molar-refractivity contribution in [3.05, 3.63) is 107 Å². The summed E-state index contributed by atoms with van der Waals surface area (Å²) in [6.07, 6.45) is 9.18. The van der Waals surface area contributed by atoms with Crippen LogP contribution in [0, 0.1) is 11.7 Å². The molecule has 2 aromatic carbocycles. The van der Waals surface area contributed by atoms with Gasteiger partial charge in [-0.15, -0.1) is 0 Å². The normalized spacial score (nSPS) is 16.4. The Hall–Kier alpha value is -4.80. The van der Waals surface area contributed by atoms with E-state index in [0.29, 0.717) is 41.3 Å². The lowest BCUT2D eigenvalue weighted by Crippen LogP contribution is -2.22. The number of pyridine rings is 1. The lowest BCUT2D eigenvalue weighted by molar-refractivity contribution is -0.168. The minimum Gasteiger partial charge on any atom is -0.489 e. The monoisotopic (exact) mass is 622 g/mol. The average Bonchev–Trinajstić information content (AvgIpc) is 3.74. The van der Waals surface area contributed by atoms with Gasteiger partial charge in [-0.1, -0.05) is 30.3 Å². The Kier molecular flexibility index (Phi) is 8.38. The number of halogens is 1. The molecule has 2 aliphatic rings. The first kappa shape index (κ1) is 29.9. The van der Waals surface area contributed by atoms with Crippen molar-refractivity contribution < 1.29 is 28.2 Å². The van der Waals surface area contributed by atoms with Crippen LogP contribution < -0.4 is 10.1 Å². The SMILES string of the molecule is Cn1cc(-c2cc(COC3CCCCO3)cc(NC(=O)c3cc(C(=O)C4CC4)n4ccc(OCc5ccccc5)cc34)c2F)cn1. The molecule has 236 valence electrons. The largest absolute Gasteiger partial charge is 0.489 e. The standard InChI is InChI=1S/C36H35FN4O5/c1-40-20-26(19-38-40)28-15-24(22-46-33-9-5-6-14-44-33)16-30(34(28)37)39-36(43)29-18-32(35(42)25-10-11-25)41-13-12-27(17-31(29)41)45-21-23-7-3-2-4-8-23/h2-4,7-8,12-13,15-20,25,33H,5-6,9-11,14,21-22H2,1H3,(H,39,43). The molecule has 1 N–H and O–H groups in total. The van der Waals surface area contributed by atoms with Crippen molar-refractivity contribution in [1.29, 1.82) is 0 Å². The zero-order valence-corrected chi connectivity index (χ0v) is 25.6. The van der Waals surface area contributed by atoms with Gasteiger partial charge >= 0.3 is 0 Å². The van der Waals surface area contributed by atoms with E-state index in [4.69, 9.17) is 14.2 Å². The Bertz CT molecular complexity index is 1890. The number of ether oxygens (including phenoxy) is 3. The average molecular weight is 623 g/mol. The molecule has 1 unspecified atom stereocenters. The van der Waals surface area contributed by atoms with E-state index < -0.39 is 11.7 Å². The molecule has 0 bridgehead atoms. The molecule has 0 radical (unpaired) electrons. The Balaban J connectivity index is 1.21. The fourth-order valence-corrected chi connectivity index (χ4v) is 5.79. The van der Waals surface area contributed by atoms with Crippen molar-refractivity contribution in [1.82, 2.24) is 14.2 Å². The molecule has 5 aromatic rings. The number of ketones is 1. The molecular weight excluding hydrogens is 587 g/mol. The second kappa shape index (κ2) is 12.9. The maximum absolute atomic E-state index is 16.1. The van der Waals surface area contributed by atoms with E-state index in [1.54, 1.807) is 65.1 Å². The van der Waals surface area contributed by atoms with E-state index in [2.05, 4.69) is 10.4 Å². The maximum atomic E-state index is 16.1. The Morgan fingerprint density at radius 1 is 1.02 bits per heavy atom. The number of hydrogen-bond donors (Lipinski definition) is 1. The van der Waals surface area contributed by atoms with Gasteiger partial charge in [-0.3, -0.25) is 14.3 Å². The number of fused-ring (bicyclic) bond motifs is 1. The summed E-state index contributed by atoms with van der Waals surface area (Å²) >= 11 is 0. The quantitative estimate of drug-likeness (QED) is 0.160. The van der Waals surface area contributed by atoms with Gasteiger partial charge in [0.05, 0.1) is 35.3 Å². The molecule has 46 heavy (non-hydrogen) atoms. The third-order valence-electron chi connectivity index (χ3n) is 8.41. The third kappa shape index (κ3) is 6.45. The Morgan fingerprint density at radius 2 is 1.87 bits per heavy atom. The molecule has 0 spiro atoms. The van der Waals surface area contributed by atoms with E-state index >= 15 is 4.39 Å². The van der Waals surface area contributed by atoms with Gasteiger partial charge in [-0.25, -0.2) is 4.39 Å². The number of amides is 1. The molecule has 1 amide bonds. The smallest absolute Gasteiger partial charge is 0.257 e. The highest BCUT2D eigenvalue weighted by Gasteiger charge is 2.33. The second-order valence-electron chi connectivity index (χ2n) is 11.9. The molecule has 1 saturated heterocycles. The van der Waals surface area contributed by atoms with Crippen molar-refractivity contribution in [3.8, 4) is 16.9 Å². The van der Waals surface area contributed by atoms with Crippen molar-refractivity contribution in [2.24, 2.45) is 13.0 Å². The summed E-state index contributed by atoms with van der Waals surface area (Å²) in [4.78, 5) is 27.2. The van der Waals surface area contributed by atoms with Crippen LogP contribution in [0.3, 0.4) is 0 Å². The number of aryl methyl sites for hydroxylation is 1. The predicted molar refractivity (Wildman–Crippen MR) is 170 cm³/mol. The van der Waals surface area contributed by atoms with E-state index in [-0.39, 0.29) is 41.4 Å². The topological polar surface area (TPSA) is 96.1 Å². The van der Waals surface area contributed by atoms with Gasteiger partial charge in [-0.05, 0) is 67.5 Å². The summed E-state index contributed by atoms with van der Waals surface area (Å²) in [5.74, 6) is -0.655. The molecule has 2 fully saturated rings. The van der Waals surface area contributed by atoms with E-state index in [1.807, 2.05) is 30.3 Å². The van der Waals surface area contributed by atoms with Gasteiger partial charge in [0.15, 0.2) is 17.9 Å². The minimum atomic E-state index is -0.594. The summed E-state index contributed by atoms with van der Waals surface area (Å²) in [5, 5.41) is 7.00. The van der Waals surface area contributed by atoms with Crippen molar-refractivity contribution in [2.45, 2.75) is 51.6 Å². The number of benzene rings is 2. The molecule has 1 saturated carbocycles. The highest BCUT2D eigenvalue weighted by atomic mass is 19.1. The molecule has 7 rings (SSSR count). The number of carbonyl (C=O) groups excluding carboxylic acids is 2. The summed E-state index contributed by atoms with van der Waals surface area (Å²) in [7, 11) is 1.76. The van der Waals surface area contributed by atoms with E-state index in [1.165, 1.54) is 0 Å². The van der Waals surface area contributed by atoms with Crippen molar-refractivity contribution in [2.75, 3.05) is 11.9 Å². The van der Waals surface area contributed by atoms with Gasteiger partial charge in [0.25, 0.3) is 5.91 Å². The number of Topliss-reactive ketones (excluding diaryl/α,β-unsaturated/α-hetero) is 1. The molecule has 9 nitrogen and oxygen atoms in total. The summed E-state index contributed by atoms with van der Waals surface area (Å²) in [6, 6.07) is 18.2. The van der Waals surface area contributed by atoms with Crippen LogP contribution in [0.5, 0.6) is 5.75 Å². The van der Waals surface area contributed by atoms with Gasteiger partial charge in [0.2, 0.25) is 0 Å². The molecule has 3 aromatic heterocycles.